The van der Waals surface area contributed by atoms with Gasteiger partial charge in [-0.3, -0.25) is 19.7 Å². The highest BCUT2D eigenvalue weighted by Crippen LogP contribution is 2.12. The normalized spacial score (nSPS) is 15.5. The third-order valence-electron chi connectivity index (χ3n) is 3.49. The van der Waals surface area contributed by atoms with Crippen LogP contribution in [-0.2, 0) is 9.59 Å². The van der Waals surface area contributed by atoms with Gasteiger partial charge in [0.15, 0.2) is 0 Å². The minimum absolute atomic E-state index is 0.0136. The zero-order valence-corrected chi connectivity index (χ0v) is 12.6. The third kappa shape index (κ3) is 5.17. The molecule has 0 unspecified atom stereocenters. The third-order valence-corrected chi connectivity index (χ3v) is 3.49. The quantitative estimate of drug-likeness (QED) is 0.504. The second-order valence-corrected chi connectivity index (χ2v) is 5.27. The lowest BCUT2D eigenvalue weighted by molar-refractivity contribution is -0.384. The van der Waals surface area contributed by atoms with Crippen LogP contribution in [0.1, 0.15) is 31.2 Å². The van der Waals surface area contributed by atoms with E-state index in [1.165, 1.54) is 29.3 Å². The molecule has 0 saturated carbocycles. The number of carbonyl (C=O) groups excluding carboxylic acids is 2. The summed E-state index contributed by atoms with van der Waals surface area (Å²) in [5, 5.41) is 14.4. The van der Waals surface area contributed by atoms with E-state index in [-0.39, 0.29) is 24.0 Å². The first-order valence-electron chi connectivity index (χ1n) is 7.40. The van der Waals surface area contributed by atoms with E-state index in [0.29, 0.717) is 18.5 Å². The Morgan fingerprint density at radius 1 is 1.39 bits per heavy atom. The Hall–Kier alpha value is -2.77. The number of hydrogen-bond donors (Lipinski definition) is 1. The summed E-state index contributed by atoms with van der Waals surface area (Å²) < 4.78 is 0. The van der Waals surface area contributed by atoms with E-state index in [2.05, 4.69) is 10.5 Å². The Bertz CT molecular complexity index is 630. The molecule has 0 aliphatic carbocycles. The molecule has 8 heteroatoms. The summed E-state index contributed by atoms with van der Waals surface area (Å²) in [5.74, 6) is -0.401. The first-order valence-corrected chi connectivity index (χ1v) is 7.40. The molecule has 2 amide bonds. The highest BCUT2D eigenvalue weighted by molar-refractivity contribution is 5.86. The smallest absolute Gasteiger partial charge is 0.270 e. The first kappa shape index (κ1) is 16.6. The monoisotopic (exact) mass is 318 g/mol. The molecular weight excluding hydrogens is 300 g/mol. The minimum atomic E-state index is -0.499. The van der Waals surface area contributed by atoms with Gasteiger partial charge < -0.3 is 4.90 Å². The van der Waals surface area contributed by atoms with Crippen LogP contribution in [0.25, 0.3) is 0 Å². The number of nitrogens with zero attached hydrogens (tertiary/aromatic N) is 3. The Morgan fingerprint density at radius 3 is 3.00 bits per heavy atom. The summed E-state index contributed by atoms with van der Waals surface area (Å²) in [6.45, 7) is 0.561. The van der Waals surface area contributed by atoms with Crippen molar-refractivity contribution >= 4 is 23.7 Å². The molecule has 1 aliphatic rings. The number of hydrogen-bond acceptors (Lipinski definition) is 5. The lowest BCUT2D eigenvalue weighted by Crippen LogP contribution is -2.39. The second-order valence-electron chi connectivity index (χ2n) is 5.27. The number of rotatable bonds is 5. The molecule has 8 nitrogen and oxygen atoms in total. The lowest BCUT2D eigenvalue weighted by Gasteiger charge is -2.18. The van der Waals surface area contributed by atoms with Crippen LogP contribution in [0.3, 0.4) is 0 Å². The van der Waals surface area contributed by atoms with E-state index in [1.54, 1.807) is 6.07 Å². The maximum atomic E-state index is 11.8. The van der Waals surface area contributed by atoms with Crippen LogP contribution >= 0.6 is 0 Å². The topological polar surface area (TPSA) is 105 Å². The van der Waals surface area contributed by atoms with Crippen LogP contribution in [0.2, 0.25) is 0 Å². The number of hydrazone groups is 1. The van der Waals surface area contributed by atoms with Gasteiger partial charge in [-0.25, -0.2) is 5.43 Å². The molecule has 0 radical (unpaired) electrons. The average Bonchev–Trinajstić information content (AvgIpc) is 2.72. The zero-order valence-electron chi connectivity index (χ0n) is 12.6. The SMILES string of the molecule is O=C(CN1CCCCCC1=O)N/N=C\c1cccc([N+](=O)[O-])c1. The molecular formula is C15H18N4O4. The largest absolute Gasteiger partial charge is 0.333 e. The molecule has 2 rings (SSSR count). The number of nitro groups is 1. The summed E-state index contributed by atoms with van der Waals surface area (Å²) in [4.78, 5) is 35.3. The fraction of sp³-hybridized carbons (Fsp3) is 0.400. The van der Waals surface area contributed by atoms with Crippen molar-refractivity contribution in [2.24, 2.45) is 5.10 Å². The summed E-state index contributed by atoms with van der Waals surface area (Å²) in [6.07, 6.45) is 4.56. The van der Waals surface area contributed by atoms with Crippen molar-refractivity contribution in [2.45, 2.75) is 25.7 Å². The number of nitro benzene ring substituents is 1. The van der Waals surface area contributed by atoms with Crippen molar-refractivity contribution in [1.29, 1.82) is 0 Å². The molecule has 0 aromatic heterocycles. The molecule has 0 atom stereocenters. The molecule has 1 aromatic carbocycles. The van der Waals surface area contributed by atoms with Crippen LogP contribution in [0.15, 0.2) is 29.4 Å². The van der Waals surface area contributed by atoms with Gasteiger partial charge in [-0.1, -0.05) is 18.6 Å². The minimum Gasteiger partial charge on any atom is -0.333 e. The van der Waals surface area contributed by atoms with E-state index in [0.717, 1.165) is 19.3 Å². The second kappa shape index (κ2) is 8.02. The lowest BCUT2D eigenvalue weighted by atomic mass is 10.2. The summed E-state index contributed by atoms with van der Waals surface area (Å²) in [6, 6.07) is 5.91. The Kier molecular flexibility index (Phi) is 5.79. The van der Waals surface area contributed by atoms with Gasteiger partial charge in [0.2, 0.25) is 5.91 Å². The standard InChI is InChI=1S/C15H18N4O4/c20-14(11-18-8-3-1-2-7-15(18)21)17-16-10-12-5-4-6-13(9-12)19(22)23/h4-6,9-10H,1-3,7-8,11H2,(H,17,20)/b16-10-. The highest BCUT2D eigenvalue weighted by Gasteiger charge is 2.18. The van der Waals surface area contributed by atoms with Gasteiger partial charge in [-0.15, -0.1) is 0 Å². The molecule has 23 heavy (non-hydrogen) atoms. The van der Waals surface area contributed by atoms with Crippen molar-refractivity contribution in [3.05, 3.63) is 39.9 Å². The highest BCUT2D eigenvalue weighted by atomic mass is 16.6. The molecule has 1 N–H and O–H groups in total. The zero-order chi connectivity index (χ0) is 16.7. The van der Waals surface area contributed by atoms with Crippen molar-refractivity contribution in [3.63, 3.8) is 0 Å². The van der Waals surface area contributed by atoms with Gasteiger partial charge in [0.05, 0.1) is 11.1 Å². The van der Waals surface area contributed by atoms with Gasteiger partial charge >= 0.3 is 0 Å². The predicted molar refractivity (Wildman–Crippen MR) is 83.9 cm³/mol. The number of carbonyl (C=O) groups is 2. The maximum Gasteiger partial charge on any atom is 0.270 e. The molecule has 1 saturated heterocycles. The van der Waals surface area contributed by atoms with Crippen LogP contribution in [-0.4, -0.2) is 40.9 Å². The number of benzene rings is 1. The van der Waals surface area contributed by atoms with Gasteiger partial charge in [0, 0.05) is 30.7 Å². The van der Waals surface area contributed by atoms with E-state index >= 15 is 0 Å². The average molecular weight is 318 g/mol. The fourth-order valence-corrected chi connectivity index (χ4v) is 2.31. The predicted octanol–water partition coefficient (Wildman–Crippen LogP) is 1.45. The summed E-state index contributed by atoms with van der Waals surface area (Å²) in [5.41, 5.74) is 2.79. The number of non-ortho nitro benzene ring substituents is 1. The van der Waals surface area contributed by atoms with Crippen LogP contribution in [0.4, 0.5) is 5.69 Å². The summed E-state index contributed by atoms with van der Waals surface area (Å²) in [7, 11) is 0. The van der Waals surface area contributed by atoms with Gasteiger partial charge in [-0.2, -0.15) is 5.10 Å². The number of nitrogens with one attached hydrogen (secondary N) is 1. The Balaban J connectivity index is 1.87. The number of likely N-dealkylation sites (tertiary alicyclic amines) is 1. The Morgan fingerprint density at radius 2 is 2.22 bits per heavy atom. The molecule has 0 spiro atoms. The van der Waals surface area contributed by atoms with E-state index in [1.807, 2.05) is 0 Å². The van der Waals surface area contributed by atoms with Gasteiger partial charge in [0.25, 0.3) is 11.6 Å². The molecule has 0 bridgehead atoms. The first-order chi connectivity index (χ1) is 11.1. The van der Waals surface area contributed by atoms with Crippen molar-refractivity contribution < 1.29 is 14.5 Å². The molecule has 1 aromatic rings. The van der Waals surface area contributed by atoms with Crippen molar-refractivity contribution in [3.8, 4) is 0 Å². The van der Waals surface area contributed by atoms with E-state index in [9.17, 15) is 19.7 Å². The maximum absolute atomic E-state index is 11.8. The van der Waals surface area contributed by atoms with Crippen molar-refractivity contribution in [1.82, 2.24) is 10.3 Å². The molecule has 1 fully saturated rings. The number of amides is 2. The Labute approximate surface area is 133 Å². The molecule has 122 valence electrons. The van der Waals surface area contributed by atoms with Crippen LogP contribution in [0, 0.1) is 10.1 Å². The fourth-order valence-electron chi connectivity index (χ4n) is 2.31. The van der Waals surface area contributed by atoms with Crippen LogP contribution < -0.4 is 5.43 Å². The van der Waals surface area contributed by atoms with Gasteiger partial charge in [0.1, 0.15) is 6.54 Å². The van der Waals surface area contributed by atoms with Gasteiger partial charge in [-0.05, 0) is 12.8 Å². The van der Waals surface area contributed by atoms with Crippen LogP contribution in [0.5, 0.6) is 0 Å². The van der Waals surface area contributed by atoms with Crippen molar-refractivity contribution in [2.75, 3.05) is 13.1 Å². The molecule has 1 aliphatic heterocycles. The summed E-state index contributed by atoms with van der Waals surface area (Å²) >= 11 is 0. The van der Waals surface area contributed by atoms with E-state index < -0.39 is 4.92 Å². The molecule has 1 heterocycles. The van der Waals surface area contributed by atoms with E-state index in [4.69, 9.17) is 0 Å².